The van der Waals surface area contributed by atoms with Crippen molar-refractivity contribution in [2.24, 2.45) is 0 Å². The Labute approximate surface area is 107 Å². The zero-order valence-electron chi connectivity index (χ0n) is 10.1. The average Bonchev–Trinajstić information content (AvgIpc) is 3.14. The maximum Gasteiger partial charge on any atom is 0.0568 e. The molecule has 0 heterocycles. The molecule has 5 N–H and O–H groups in total. The summed E-state index contributed by atoms with van der Waals surface area (Å²) in [7, 11) is 0. The second-order valence-corrected chi connectivity index (χ2v) is 4.85. The Hall–Kier alpha value is -2.16. The fraction of sp³-hybridized carbons (Fsp3) is 0.200. The molecule has 2 atom stereocenters. The van der Waals surface area contributed by atoms with Gasteiger partial charge in [0.05, 0.1) is 11.4 Å². The largest absolute Gasteiger partial charge is 0.397 e. The first-order valence-corrected chi connectivity index (χ1v) is 6.20. The van der Waals surface area contributed by atoms with Crippen LogP contribution in [0.3, 0.4) is 0 Å². The van der Waals surface area contributed by atoms with Crippen LogP contribution in [0.25, 0.3) is 0 Å². The van der Waals surface area contributed by atoms with Gasteiger partial charge in [-0.05, 0) is 30.2 Å². The Balaban J connectivity index is 1.67. The highest BCUT2D eigenvalue weighted by atomic mass is 15.0. The maximum absolute atomic E-state index is 5.80. The lowest BCUT2D eigenvalue weighted by atomic mass is 10.1. The van der Waals surface area contributed by atoms with Gasteiger partial charge in [0.15, 0.2) is 0 Å². The van der Waals surface area contributed by atoms with Crippen molar-refractivity contribution in [3.05, 3.63) is 54.1 Å². The van der Waals surface area contributed by atoms with Crippen LogP contribution in [0.5, 0.6) is 0 Å². The Bertz CT molecular complexity index is 551. The van der Waals surface area contributed by atoms with Crippen molar-refractivity contribution in [2.75, 3.05) is 16.8 Å². The van der Waals surface area contributed by atoms with Gasteiger partial charge >= 0.3 is 0 Å². The lowest BCUT2D eigenvalue weighted by Gasteiger charge is -2.08. The van der Waals surface area contributed by atoms with Gasteiger partial charge in [-0.25, -0.2) is 0 Å². The Morgan fingerprint density at radius 1 is 0.944 bits per heavy atom. The van der Waals surface area contributed by atoms with Crippen molar-refractivity contribution in [1.82, 2.24) is 0 Å². The van der Waals surface area contributed by atoms with Gasteiger partial charge in [-0.15, -0.1) is 0 Å². The van der Waals surface area contributed by atoms with Gasteiger partial charge in [0.2, 0.25) is 0 Å². The molecule has 0 aliphatic heterocycles. The predicted molar refractivity (Wildman–Crippen MR) is 76.5 cm³/mol. The summed E-state index contributed by atoms with van der Waals surface area (Å²) in [6, 6.07) is 16.8. The molecule has 92 valence electrons. The monoisotopic (exact) mass is 239 g/mol. The van der Waals surface area contributed by atoms with Crippen molar-refractivity contribution < 1.29 is 0 Å². The minimum atomic E-state index is 0.510. The third kappa shape index (κ3) is 2.12. The van der Waals surface area contributed by atoms with E-state index in [-0.39, 0.29) is 0 Å². The molecule has 1 fully saturated rings. The Morgan fingerprint density at radius 3 is 2.44 bits per heavy atom. The lowest BCUT2D eigenvalue weighted by molar-refractivity contribution is 1.05. The first kappa shape index (κ1) is 11.0. The van der Waals surface area contributed by atoms with Crippen molar-refractivity contribution in [2.45, 2.75) is 18.4 Å². The molecular formula is C15H17N3. The quantitative estimate of drug-likeness (QED) is 0.722. The standard InChI is InChI=1S/C15H17N3/c16-13-7-6-11(8-14(13)17)18-15-9-12(15)10-4-2-1-3-5-10/h1-8,12,15,18H,9,16-17H2. The van der Waals surface area contributed by atoms with Crippen molar-refractivity contribution >= 4 is 17.1 Å². The second-order valence-electron chi connectivity index (χ2n) is 4.85. The average molecular weight is 239 g/mol. The molecular weight excluding hydrogens is 222 g/mol. The fourth-order valence-corrected chi connectivity index (χ4v) is 2.30. The van der Waals surface area contributed by atoms with Crippen LogP contribution in [0.15, 0.2) is 48.5 Å². The van der Waals surface area contributed by atoms with E-state index in [0.717, 1.165) is 5.69 Å². The van der Waals surface area contributed by atoms with E-state index in [1.165, 1.54) is 12.0 Å². The molecule has 2 aromatic carbocycles. The van der Waals surface area contributed by atoms with Gasteiger partial charge in [-0.1, -0.05) is 30.3 Å². The fourth-order valence-electron chi connectivity index (χ4n) is 2.30. The Morgan fingerprint density at radius 2 is 1.72 bits per heavy atom. The summed E-state index contributed by atoms with van der Waals surface area (Å²) in [5.41, 5.74) is 15.2. The van der Waals surface area contributed by atoms with E-state index in [0.29, 0.717) is 23.3 Å². The molecule has 3 nitrogen and oxygen atoms in total. The summed E-state index contributed by atoms with van der Waals surface area (Å²) in [5.74, 6) is 0.616. The molecule has 2 aromatic rings. The molecule has 2 unspecified atom stereocenters. The van der Waals surface area contributed by atoms with Crippen molar-refractivity contribution in [1.29, 1.82) is 0 Å². The van der Waals surface area contributed by atoms with Gasteiger partial charge in [-0.2, -0.15) is 0 Å². The molecule has 0 radical (unpaired) electrons. The highest BCUT2D eigenvalue weighted by Crippen LogP contribution is 2.42. The van der Waals surface area contributed by atoms with Gasteiger partial charge in [-0.3, -0.25) is 0 Å². The first-order valence-electron chi connectivity index (χ1n) is 6.20. The van der Waals surface area contributed by atoms with E-state index in [2.05, 4.69) is 35.6 Å². The number of rotatable bonds is 3. The third-order valence-corrected chi connectivity index (χ3v) is 3.46. The summed E-state index contributed by atoms with van der Waals surface area (Å²) in [5, 5.41) is 3.50. The van der Waals surface area contributed by atoms with E-state index in [1.807, 2.05) is 18.2 Å². The molecule has 1 aliphatic rings. The van der Waals surface area contributed by atoms with Crippen molar-refractivity contribution in [3.63, 3.8) is 0 Å². The van der Waals surface area contributed by atoms with Gasteiger partial charge in [0, 0.05) is 17.6 Å². The zero-order chi connectivity index (χ0) is 12.5. The third-order valence-electron chi connectivity index (χ3n) is 3.46. The number of anilines is 3. The van der Waals surface area contributed by atoms with Gasteiger partial charge < -0.3 is 16.8 Å². The lowest BCUT2D eigenvalue weighted by Crippen LogP contribution is -2.05. The van der Waals surface area contributed by atoms with Gasteiger partial charge in [0.25, 0.3) is 0 Å². The van der Waals surface area contributed by atoms with E-state index >= 15 is 0 Å². The maximum atomic E-state index is 5.80. The molecule has 0 saturated heterocycles. The number of hydrogen-bond acceptors (Lipinski definition) is 3. The predicted octanol–water partition coefficient (Wildman–Crippen LogP) is 2.82. The van der Waals surface area contributed by atoms with Crippen LogP contribution in [0, 0.1) is 0 Å². The highest BCUT2D eigenvalue weighted by molar-refractivity contribution is 5.69. The summed E-state index contributed by atoms with van der Waals surface area (Å²) in [4.78, 5) is 0. The van der Waals surface area contributed by atoms with E-state index < -0.39 is 0 Å². The van der Waals surface area contributed by atoms with Crippen molar-refractivity contribution in [3.8, 4) is 0 Å². The van der Waals surface area contributed by atoms with Crippen LogP contribution in [0.4, 0.5) is 17.1 Å². The summed E-state index contributed by atoms with van der Waals surface area (Å²) < 4.78 is 0. The number of nitrogen functional groups attached to an aromatic ring is 2. The summed E-state index contributed by atoms with van der Waals surface area (Å²) >= 11 is 0. The molecule has 3 rings (SSSR count). The molecule has 3 heteroatoms. The number of benzene rings is 2. The van der Waals surface area contributed by atoms with Crippen LogP contribution < -0.4 is 16.8 Å². The molecule has 0 bridgehead atoms. The molecule has 0 spiro atoms. The van der Waals surface area contributed by atoms with Crippen LogP contribution >= 0.6 is 0 Å². The topological polar surface area (TPSA) is 64.1 Å². The van der Waals surface area contributed by atoms with E-state index in [1.54, 1.807) is 0 Å². The van der Waals surface area contributed by atoms with Gasteiger partial charge in [0.1, 0.15) is 0 Å². The number of nitrogens with one attached hydrogen (secondary N) is 1. The smallest absolute Gasteiger partial charge is 0.0568 e. The SMILES string of the molecule is Nc1ccc(NC2CC2c2ccccc2)cc1N. The first-order chi connectivity index (χ1) is 8.74. The zero-order valence-corrected chi connectivity index (χ0v) is 10.1. The van der Waals surface area contributed by atoms with E-state index in [4.69, 9.17) is 11.5 Å². The molecule has 1 aliphatic carbocycles. The number of nitrogens with two attached hydrogens (primary N) is 2. The van der Waals surface area contributed by atoms with Crippen LogP contribution in [-0.2, 0) is 0 Å². The summed E-state index contributed by atoms with van der Waals surface area (Å²) in [6.07, 6.45) is 1.17. The summed E-state index contributed by atoms with van der Waals surface area (Å²) in [6.45, 7) is 0. The van der Waals surface area contributed by atoms with E-state index in [9.17, 15) is 0 Å². The molecule has 18 heavy (non-hydrogen) atoms. The van der Waals surface area contributed by atoms with Crippen LogP contribution in [0.1, 0.15) is 17.9 Å². The normalized spacial score (nSPS) is 21.6. The molecule has 0 aromatic heterocycles. The second kappa shape index (κ2) is 4.26. The van der Waals surface area contributed by atoms with Crippen LogP contribution in [0.2, 0.25) is 0 Å². The number of hydrogen-bond donors (Lipinski definition) is 3. The molecule has 1 saturated carbocycles. The minimum absolute atomic E-state index is 0.510. The van der Waals surface area contributed by atoms with Crippen LogP contribution in [-0.4, -0.2) is 6.04 Å². The Kier molecular flexibility index (Phi) is 2.59. The highest BCUT2D eigenvalue weighted by Gasteiger charge is 2.38. The minimum Gasteiger partial charge on any atom is -0.397 e. The molecule has 0 amide bonds.